The first-order chi connectivity index (χ1) is 18.4. The van der Waals surface area contributed by atoms with Gasteiger partial charge in [-0.05, 0) is 36.2 Å². The van der Waals surface area contributed by atoms with Crippen LogP contribution in [0.15, 0.2) is 47.2 Å². The molecule has 0 radical (unpaired) electrons. The minimum Gasteiger partial charge on any atom is -0.380 e. The topological polar surface area (TPSA) is 106 Å². The van der Waals surface area contributed by atoms with Gasteiger partial charge < -0.3 is 19.1 Å². The van der Waals surface area contributed by atoms with E-state index in [2.05, 4.69) is 32.3 Å². The summed E-state index contributed by atoms with van der Waals surface area (Å²) in [4.78, 5) is 33.6. The Bertz CT molecular complexity index is 1570. The Balaban J connectivity index is 1.09. The zero-order valence-electron chi connectivity index (χ0n) is 21.4. The number of nitrogens with zero attached hydrogens (tertiary/aromatic N) is 6. The first-order valence-electron chi connectivity index (χ1n) is 12.9. The number of pyridine rings is 1. The molecule has 4 aromatic rings. The van der Waals surface area contributed by atoms with Crippen LogP contribution in [-0.2, 0) is 16.0 Å². The highest BCUT2D eigenvalue weighted by molar-refractivity contribution is 6.03. The quantitative estimate of drug-likeness (QED) is 0.363. The van der Waals surface area contributed by atoms with Crippen LogP contribution in [0, 0.1) is 12.3 Å². The van der Waals surface area contributed by atoms with Crippen molar-refractivity contribution < 1.29 is 18.8 Å². The summed E-state index contributed by atoms with van der Waals surface area (Å²) >= 11 is 0. The summed E-state index contributed by atoms with van der Waals surface area (Å²) in [5.41, 5.74) is 5.58. The number of hydrogen-bond donors (Lipinski definition) is 0. The summed E-state index contributed by atoms with van der Waals surface area (Å²) in [5.74, 6) is 1.15. The minimum absolute atomic E-state index is 0.0115. The second kappa shape index (κ2) is 8.49. The first kappa shape index (κ1) is 23.1. The van der Waals surface area contributed by atoms with Crippen LogP contribution < -0.4 is 4.90 Å². The van der Waals surface area contributed by atoms with Crippen LogP contribution in [0.25, 0.3) is 16.9 Å². The van der Waals surface area contributed by atoms with Gasteiger partial charge in [0.1, 0.15) is 0 Å². The van der Waals surface area contributed by atoms with Crippen molar-refractivity contribution in [2.75, 3.05) is 44.3 Å². The highest BCUT2D eigenvalue weighted by Crippen LogP contribution is 2.40. The Hall–Kier alpha value is -4.05. The first-order valence-corrected chi connectivity index (χ1v) is 12.9. The molecule has 0 bridgehead atoms. The third-order valence-corrected chi connectivity index (χ3v) is 8.12. The van der Waals surface area contributed by atoms with Crippen LogP contribution in [0.4, 0.5) is 5.69 Å². The molecule has 1 amide bonds. The molecule has 38 heavy (non-hydrogen) atoms. The average molecular weight is 513 g/mol. The van der Waals surface area contributed by atoms with Crippen molar-refractivity contribution in [2.45, 2.75) is 26.2 Å². The van der Waals surface area contributed by atoms with Crippen molar-refractivity contribution >= 4 is 22.9 Å². The van der Waals surface area contributed by atoms with E-state index in [-0.39, 0.29) is 24.0 Å². The van der Waals surface area contributed by atoms with Gasteiger partial charge in [0.15, 0.2) is 5.78 Å². The third-order valence-electron chi connectivity index (χ3n) is 8.12. The molecule has 3 aliphatic heterocycles. The van der Waals surface area contributed by atoms with Crippen LogP contribution in [-0.4, -0.2) is 75.7 Å². The summed E-state index contributed by atoms with van der Waals surface area (Å²) in [6, 6.07) is 9.99. The molecule has 10 nitrogen and oxygen atoms in total. The average Bonchev–Trinajstić information content (AvgIpc) is 3.45. The number of ether oxygens (including phenoxy) is 1. The maximum atomic E-state index is 13.5. The monoisotopic (exact) mass is 512 g/mol. The van der Waals surface area contributed by atoms with Gasteiger partial charge in [-0.15, -0.1) is 0 Å². The molecule has 0 N–H and O–H groups in total. The van der Waals surface area contributed by atoms with Gasteiger partial charge >= 0.3 is 0 Å². The van der Waals surface area contributed by atoms with Crippen LogP contribution in [0.1, 0.15) is 40.2 Å². The molecule has 10 heteroatoms. The van der Waals surface area contributed by atoms with E-state index in [0.29, 0.717) is 35.8 Å². The summed E-state index contributed by atoms with van der Waals surface area (Å²) in [6.45, 7) is 8.40. The largest absolute Gasteiger partial charge is 0.380 e. The lowest BCUT2D eigenvalue weighted by Crippen LogP contribution is -2.66. The molecule has 3 fully saturated rings. The lowest BCUT2D eigenvalue weighted by Gasteiger charge is -2.56. The maximum absolute atomic E-state index is 13.5. The van der Waals surface area contributed by atoms with Gasteiger partial charge in [0.25, 0.3) is 0 Å². The fourth-order valence-electron chi connectivity index (χ4n) is 5.58. The molecule has 0 saturated carbocycles. The van der Waals surface area contributed by atoms with E-state index in [4.69, 9.17) is 9.26 Å². The highest BCUT2D eigenvalue weighted by Gasteiger charge is 2.49. The Kier molecular flexibility index (Phi) is 5.16. The lowest BCUT2D eigenvalue weighted by molar-refractivity contribution is -0.133. The van der Waals surface area contributed by atoms with Crippen molar-refractivity contribution in [1.29, 1.82) is 0 Å². The van der Waals surface area contributed by atoms with E-state index in [0.717, 1.165) is 54.2 Å². The predicted molar refractivity (Wildman–Crippen MR) is 138 cm³/mol. The molecule has 1 aromatic carbocycles. The fourth-order valence-corrected chi connectivity index (χ4v) is 5.58. The van der Waals surface area contributed by atoms with E-state index < -0.39 is 0 Å². The third kappa shape index (κ3) is 3.78. The number of anilines is 1. The van der Waals surface area contributed by atoms with Gasteiger partial charge in [-0.25, -0.2) is 4.52 Å². The molecule has 3 aliphatic rings. The van der Waals surface area contributed by atoms with Gasteiger partial charge in [-0.2, -0.15) is 10.1 Å². The highest BCUT2D eigenvalue weighted by atomic mass is 16.5. The van der Waals surface area contributed by atoms with Gasteiger partial charge in [0.05, 0.1) is 41.8 Å². The number of Topliss-reactive ketones (excluding diaryl/α,β-unsaturated/α-hetero) is 1. The van der Waals surface area contributed by atoms with Crippen LogP contribution in [0.3, 0.4) is 0 Å². The number of fused-ring (bicyclic) bond motifs is 1. The molecule has 0 aliphatic carbocycles. The Morgan fingerprint density at radius 2 is 1.95 bits per heavy atom. The van der Waals surface area contributed by atoms with E-state index in [1.54, 1.807) is 22.5 Å². The second-order valence-corrected chi connectivity index (χ2v) is 10.9. The van der Waals surface area contributed by atoms with Gasteiger partial charge in [-0.1, -0.05) is 17.3 Å². The van der Waals surface area contributed by atoms with Gasteiger partial charge in [0, 0.05) is 57.0 Å². The Morgan fingerprint density at radius 1 is 1.13 bits per heavy atom. The smallest absolute Gasteiger partial charge is 0.233 e. The molecule has 194 valence electrons. The fraction of sp³-hybridized carbons (Fsp3) is 0.393. The molecular formula is C28H28N6O4. The summed E-state index contributed by atoms with van der Waals surface area (Å²) in [5, 5.41) is 8.58. The van der Waals surface area contributed by atoms with Crippen LogP contribution >= 0.6 is 0 Å². The van der Waals surface area contributed by atoms with Crippen molar-refractivity contribution in [3.63, 3.8) is 0 Å². The molecule has 3 aromatic heterocycles. The minimum atomic E-state index is 0.0115. The number of benzene rings is 1. The van der Waals surface area contributed by atoms with Crippen molar-refractivity contribution in [2.24, 2.45) is 5.41 Å². The van der Waals surface area contributed by atoms with Crippen molar-refractivity contribution in [1.82, 2.24) is 24.7 Å². The number of carbonyl (C=O) groups is 2. The summed E-state index contributed by atoms with van der Waals surface area (Å²) in [7, 11) is 0. The Labute approximate surface area is 219 Å². The molecule has 0 unspecified atom stereocenters. The van der Waals surface area contributed by atoms with Crippen molar-refractivity contribution in [3.05, 3.63) is 65.3 Å². The zero-order chi connectivity index (χ0) is 26.0. The summed E-state index contributed by atoms with van der Waals surface area (Å²) in [6.07, 6.45) is 3.82. The molecule has 7 rings (SSSR count). The standard InChI is InChI=1S/C28H28N6O4/c1-17-3-4-19(26-30-27(38-31-26)21-11-32(12-21)18(2)35)7-20(17)8-25(36)23-10-29-34-6-5-22(9-24(23)34)33-13-28(14-33)15-37-16-28/h3-7,9-10,21H,8,11-16H2,1-2H3. The molecule has 6 heterocycles. The van der Waals surface area contributed by atoms with Crippen LogP contribution in [0.5, 0.6) is 0 Å². The number of rotatable bonds is 6. The molecule has 0 atom stereocenters. The van der Waals surface area contributed by atoms with Gasteiger partial charge in [0.2, 0.25) is 17.6 Å². The number of aryl methyl sites for hydroxylation is 1. The summed E-state index contributed by atoms with van der Waals surface area (Å²) < 4.78 is 12.6. The van der Waals surface area contributed by atoms with Crippen LogP contribution in [0.2, 0.25) is 0 Å². The second-order valence-electron chi connectivity index (χ2n) is 10.9. The normalized spacial score (nSPS) is 18.4. The molecule has 3 saturated heterocycles. The number of likely N-dealkylation sites (tertiary alicyclic amines) is 1. The van der Waals surface area contributed by atoms with E-state index in [1.165, 1.54) is 0 Å². The number of carbonyl (C=O) groups excluding carboxylic acids is 2. The Morgan fingerprint density at radius 3 is 2.68 bits per heavy atom. The van der Waals surface area contributed by atoms with Gasteiger partial charge in [-0.3, -0.25) is 9.59 Å². The van der Waals surface area contributed by atoms with E-state index in [1.807, 2.05) is 31.3 Å². The van der Waals surface area contributed by atoms with Crippen molar-refractivity contribution in [3.8, 4) is 11.4 Å². The molecular weight excluding hydrogens is 484 g/mol. The number of aromatic nitrogens is 4. The molecule has 1 spiro atoms. The maximum Gasteiger partial charge on any atom is 0.233 e. The number of amides is 1. The lowest BCUT2D eigenvalue weighted by atomic mass is 9.78. The number of hydrogen-bond acceptors (Lipinski definition) is 8. The zero-order valence-corrected chi connectivity index (χ0v) is 21.4. The number of ketones is 1. The van der Waals surface area contributed by atoms with E-state index in [9.17, 15) is 9.59 Å². The predicted octanol–water partition coefficient (Wildman–Crippen LogP) is 2.90. The van der Waals surface area contributed by atoms with E-state index >= 15 is 0 Å². The SMILES string of the molecule is CC(=O)N1CC(c2nc(-c3ccc(C)c(CC(=O)c4cnn5ccc(N6CC7(COC7)C6)cc45)c3)no2)C1.